The van der Waals surface area contributed by atoms with E-state index in [-0.39, 0.29) is 22.1 Å². The molecule has 1 amide bonds. The lowest BCUT2D eigenvalue weighted by Gasteiger charge is -2.09. The number of rotatable bonds is 2. The molecule has 2 aromatic rings. The van der Waals surface area contributed by atoms with E-state index in [1.165, 1.54) is 24.3 Å². The minimum Gasteiger partial charge on any atom is -0.508 e. The molecule has 0 heterocycles. The quantitative estimate of drug-likeness (QED) is 0.543. The fourth-order valence-electron chi connectivity index (χ4n) is 1.49. The molecule has 0 fully saturated rings. The monoisotopic (exact) mass is 389 g/mol. The predicted octanol–water partition coefficient (Wildman–Crippen LogP) is 3.61. The minimum absolute atomic E-state index is 0.0140. The summed E-state index contributed by atoms with van der Waals surface area (Å²) >= 11 is 7.94. The van der Waals surface area contributed by atoms with Crippen molar-refractivity contribution in [1.82, 2.24) is 0 Å². The zero-order valence-electron chi connectivity index (χ0n) is 9.52. The first-order chi connectivity index (χ1) is 8.97. The zero-order chi connectivity index (χ0) is 14.0. The molecule has 6 heteroatoms. The molecule has 19 heavy (non-hydrogen) atoms. The Morgan fingerprint density at radius 3 is 2.58 bits per heavy atom. The van der Waals surface area contributed by atoms with E-state index in [0.29, 0.717) is 5.69 Å². The van der Waals surface area contributed by atoms with E-state index in [1.54, 1.807) is 12.1 Å². The van der Waals surface area contributed by atoms with Gasteiger partial charge in [0, 0.05) is 9.64 Å². The summed E-state index contributed by atoms with van der Waals surface area (Å²) in [6, 6.07) is 8.94. The number of benzene rings is 2. The second-order valence-electron chi connectivity index (χ2n) is 3.78. The van der Waals surface area contributed by atoms with Crippen LogP contribution >= 0.6 is 34.2 Å². The lowest BCUT2D eigenvalue weighted by atomic mass is 10.2. The summed E-state index contributed by atoms with van der Waals surface area (Å²) in [5.74, 6) is -0.559. The summed E-state index contributed by atoms with van der Waals surface area (Å²) in [5.41, 5.74) is 0.527. The van der Waals surface area contributed by atoms with Crippen molar-refractivity contribution in [3.8, 4) is 11.5 Å². The van der Waals surface area contributed by atoms with Gasteiger partial charge in [0.25, 0.3) is 5.91 Å². The van der Waals surface area contributed by atoms with Gasteiger partial charge >= 0.3 is 0 Å². The number of anilines is 1. The molecule has 2 aromatic carbocycles. The average molecular weight is 390 g/mol. The van der Waals surface area contributed by atoms with Crippen molar-refractivity contribution in [3.63, 3.8) is 0 Å². The molecular weight excluding hydrogens is 381 g/mol. The fraction of sp³-hybridized carbons (Fsp3) is 0. The third-order valence-electron chi connectivity index (χ3n) is 2.40. The predicted molar refractivity (Wildman–Crippen MR) is 81.9 cm³/mol. The smallest absolute Gasteiger partial charge is 0.259 e. The highest BCUT2D eigenvalue weighted by Gasteiger charge is 2.13. The molecule has 0 saturated heterocycles. The van der Waals surface area contributed by atoms with Gasteiger partial charge in [-0.3, -0.25) is 4.79 Å². The van der Waals surface area contributed by atoms with Crippen molar-refractivity contribution in [3.05, 3.63) is 50.6 Å². The highest BCUT2D eigenvalue weighted by molar-refractivity contribution is 14.1. The van der Waals surface area contributed by atoms with E-state index < -0.39 is 5.91 Å². The van der Waals surface area contributed by atoms with Crippen LogP contribution in [0.2, 0.25) is 5.02 Å². The van der Waals surface area contributed by atoms with Crippen LogP contribution in [0.4, 0.5) is 5.69 Å². The third kappa shape index (κ3) is 3.30. The lowest BCUT2D eigenvalue weighted by molar-refractivity contribution is 0.102. The molecule has 0 aromatic heterocycles. The van der Waals surface area contributed by atoms with Gasteiger partial charge in [0.05, 0.1) is 16.3 Å². The molecule has 3 N–H and O–H groups in total. The summed E-state index contributed by atoms with van der Waals surface area (Å²) in [6.45, 7) is 0. The van der Waals surface area contributed by atoms with Crippen LogP contribution in [0.5, 0.6) is 11.5 Å². The number of carbonyl (C=O) groups excluding carboxylic acids is 1. The Hall–Kier alpha value is -1.47. The SMILES string of the molecule is O=C(Nc1ccc(O)cc1Cl)c1cc(I)ccc1O. The van der Waals surface area contributed by atoms with E-state index in [4.69, 9.17) is 11.6 Å². The molecule has 98 valence electrons. The van der Waals surface area contributed by atoms with E-state index >= 15 is 0 Å². The molecule has 0 bridgehead atoms. The van der Waals surface area contributed by atoms with Crippen LogP contribution in [0.15, 0.2) is 36.4 Å². The number of halogens is 2. The number of amides is 1. The topological polar surface area (TPSA) is 69.6 Å². The Morgan fingerprint density at radius 2 is 1.89 bits per heavy atom. The molecule has 0 saturated carbocycles. The summed E-state index contributed by atoms with van der Waals surface area (Å²) in [6.07, 6.45) is 0. The highest BCUT2D eigenvalue weighted by Crippen LogP contribution is 2.27. The summed E-state index contributed by atoms with van der Waals surface area (Å²) < 4.78 is 0.831. The van der Waals surface area contributed by atoms with Crippen LogP contribution in [0.3, 0.4) is 0 Å². The first kappa shape index (κ1) is 14.0. The normalized spacial score (nSPS) is 10.2. The van der Waals surface area contributed by atoms with Crippen molar-refractivity contribution >= 4 is 45.8 Å². The average Bonchev–Trinajstić information content (AvgIpc) is 2.35. The van der Waals surface area contributed by atoms with Gasteiger partial charge in [-0.2, -0.15) is 0 Å². The van der Waals surface area contributed by atoms with Gasteiger partial charge < -0.3 is 15.5 Å². The van der Waals surface area contributed by atoms with Crippen molar-refractivity contribution in [2.24, 2.45) is 0 Å². The molecule has 0 aliphatic heterocycles. The molecule has 0 atom stereocenters. The van der Waals surface area contributed by atoms with Gasteiger partial charge in [0.1, 0.15) is 11.5 Å². The third-order valence-corrected chi connectivity index (χ3v) is 3.39. The first-order valence-electron chi connectivity index (χ1n) is 5.26. The largest absolute Gasteiger partial charge is 0.508 e. The minimum atomic E-state index is -0.469. The molecule has 0 aliphatic carbocycles. The molecule has 2 rings (SSSR count). The van der Waals surface area contributed by atoms with E-state index in [2.05, 4.69) is 5.32 Å². The summed E-state index contributed by atoms with van der Waals surface area (Å²) in [5, 5.41) is 21.7. The maximum absolute atomic E-state index is 12.0. The number of phenols is 2. The Labute approximate surface area is 128 Å². The summed E-state index contributed by atoms with van der Waals surface area (Å²) in [4.78, 5) is 12.0. The first-order valence-corrected chi connectivity index (χ1v) is 6.71. The van der Waals surface area contributed by atoms with Crippen LogP contribution in [0.25, 0.3) is 0 Å². The van der Waals surface area contributed by atoms with Gasteiger partial charge in [-0.25, -0.2) is 0 Å². The Bertz CT molecular complexity index is 646. The number of hydrogen-bond donors (Lipinski definition) is 3. The van der Waals surface area contributed by atoms with Crippen LogP contribution in [0, 0.1) is 3.57 Å². The number of hydrogen-bond acceptors (Lipinski definition) is 3. The van der Waals surface area contributed by atoms with Crippen molar-refractivity contribution < 1.29 is 15.0 Å². The van der Waals surface area contributed by atoms with E-state index in [1.807, 2.05) is 22.6 Å². The number of aromatic hydroxyl groups is 2. The van der Waals surface area contributed by atoms with Crippen molar-refractivity contribution in [2.75, 3.05) is 5.32 Å². The molecule has 0 radical (unpaired) electrons. The van der Waals surface area contributed by atoms with Crippen LogP contribution in [0.1, 0.15) is 10.4 Å². The van der Waals surface area contributed by atoms with Crippen LogP contribution in [-0.4, -0.2) is 16.1 Å². The summed E-state index contributed by atoms with van der Waals surface area (Å²) in [7, 11) is 0. The lowest BCUT2D eigenvalue weighted by Crippen LogP contribution is -2.12. The van der Waals surface area contributed by atoms with Crippen molar-refractivity contribution in [1.29, 1.82) is 0 Å². The van der Waals surface area contributed by atoms with E-state index in [9.17, 15) is 15.0 Å². The molecular formula is C13H9ClINO3. The fourth-order valence-corrected chi connectivity index (χ4v) is 2.20. The van der Waals surface area contributed by atoms with Gasteiger partial charge in [-0.05, 0) is 52.9 Å². The highest BCUT2D eigenvalue weighted by atomic mass is 127. The van der Waals surface area contributed by atoms with Gasteiger partial charge in [-0.1, -0.05) is 11.6 Å². The Balaban J connectivity index is 2.28. The Morgan fingerprint density at radius 1 is 1.16 bits per heavy atom. The molecule has 0 spiro atoms. The van der Waals surface area contributed by atoms with E-state index in [0.717, 1.165) is 3.57 Å². The maximum Gasteiger partial charge on any atom is 0.259 e. The second kappa shape index (κ2) is 5.66. The van der Waals surface area contributed by atoms with Crippen LogP contribution < -0.4 is 5.32 Å². The van der Waals surface area contributed by atoms with Crippen LogP contribution in [-0.2, 0) is 0 Å². The Kier molecular flexibility index (Phi) is 4.16. The number of nitrogens with one attached hydrogen (secondary N) is 1. The molecule has 0 unspecified atom stereocenters. The van der Waals surface area contributed by atoms with Crippen molar-refractivity contribution in [2.45, 2.75) is 0 Å². The van der Waals surface area contributed by atoms with Gasteiger partial charge in [0.2, 0.25) is 0 Å². The van der Waals surface area contributed by atoms with Gasteiger partial charge in [0.15, 0.2) is 0 Å². The number of phenolic OH excluding ortho intramolecular Hbond substituents is 2. The second-order valence-corrected chi connectivity index (χ2v) is 5.43. The standard InChI is InChI=1S/C13H9ClINO3/c14-10-6-8(17)2-3-11(10)16-13(19)9-5-7(15)1-4-12(9)18/h1-6,17-18H,(H,16,19). The van der Waals surface area contributed by atoms with Gasteiger partial charge in [-0.15, -0.1) is 0 Å². The molecule has 0 aliphatic rings. The number of carbonyl (C=O) groups is 1. The molecule has 4 nitrogen and oxygen atoms in total. The zero-order valence-corrected chi connectivity index (χ0v) is 12.4. The maximum atomic E-state index is 12.0.